The smallest absolute Gasteiger partial charge is 0.282 e. The standard InChI is InChI=1S/C44H63Cl4N7O2/c1-6-51-37-29-33(45)35(47)31-39(37)53(26-17-12-15-22-42(57)50-25-16-11-14-21-41(49)56)43(51)23-20-24-44-52(7-2)38-30-34(46)36(48)32-40(38)54(44)27-18-13-19-28-55(8-3,9-4)10-5/h20,23-24,29-32H,6-19,21-22,25-28H2,1-5H3,(H-2,49,50,56,57)/p+2. The molecule has 13 heteroatoms. The van der Waals surface area contributed by atoms with Crippen molar-refractivity contribution in [2.24, 2.45) is 5.73 Å². The fraction of sp³-hybridized carbons (Fsp3) is 0.568. The molecule has 0 spiro atoms. The van der Waals surface area contributed by atoms with E-state index in [1.807, 2.05) is 24.3 Å². The predicted molar refractivity (Wildman–Crippen MR) is 242 cm³/mol. The van der Waals surface area contributed by atoms with Crippen molar-refractivity contribution in [2.45, 2.75) is 118 Å². The van der Waals surface area contributed by atoms with Crippen LogP contribution in [0.15, 0.2) is 42.2 Å². The molecule has 2 heterocycles. The number of aromatic nitrogens is 2. The molecule has 1 aliphatic rings. The molecule has 0 aliphatic carbocycles. The maximum Gasteiger partial charge on any atom is 0.282 e. The summed E-state index contributed by atoms with van der Waals surface area (Å²) in [5.41, 5.74) is 9.42. The van der Waals surface area contributed by atoms with E-state index in [0.29, 0.717) is 39.5 Å². The summed E-state index contributed by atoms with van der Waals surface area (Å²) < 4.78 is 5.78. The molecule has 0 saturated heterocycles. The average Bonchev–Trinajstić information content (AvgIpc) is 3.63. The molecule has 57 heavy (non-hydrogen) atoms. The number of carbonyl (C=O) groups is 2. The molecule has 4 rings (SSSR count). The van der Waals surface area contributed by atoms with E-state index in [9.17, 15) is 9.59 Å². The number of aryl methyl sites for hydroxylation is 2. The van der Waals surface area contributed by atoms with E-state index in [1.165, 1.54) is 37.1 Å². The number of hydrogen-bond acceptors (Lipinski definition) is 4. The van der Waals surface area contributed by atoms with Gasteiger partial charge in [0.15, 0.2) is 11.0 Å². The number of nitrogens with two attached hydrogens (primary N) is 1. The van der Waals surface area contributed by atoms with E-state index in [-0.39, 0.29) is 11.8 Å². The summed E-state index contributed by atoms with van der Waals surface area (Å²) in [6.45, 7) is 19.8. The summed E-state index contributed by atoms with van der Waals surface area (Å²) in [5, 5.41) is 5.17. The minimum absolute atomic E-state index is 0.0674. The Labute approximate surface area is 361 Å². The van der Waals surface area contributed by atoms with Crippen LogP contribution in [0.2, 0.25) is 20.1 Å². The number of unbranched alkanes of at least 4 members (excludes halogenated alkanes) is 6. The number of carbonyl (C=O) groups excluding carboxylic acids is 2. The van der Waals surface area contributed by atoms with E-state index < -0.39 is 0 Å². The van der Waals surface area contributed by atoms with Crippen LogP contribution in [0.4, 0.5) is 11.4 Å². The number of anilines is 2. The van der Waals surface area contributed by atoms with Gasteiger partial charge in [0, 0.05) is 50.7 Å². The fourth-order valence-electron chi connectivity index (χ4n) is 8.10. The molecule has 0 bridgehead atoms. The summed E-state index contributed by atoms with van der Waals surface area (Å²) in [6, 6.07) is 7.92. The summed E-state index contributed by atoms with van der Waals surface area (Å²) in [7, 11) is 0. The Balaban J connectivity index is 1.53. The van der Waals surface area contributed by atoms with Crippen molar-refractivity contribution in [1.82, 2.24) is 9.88 Å². The second kappa shape index (κ2) is 23.0. The van der Waals surface area contributed by atoms with Gasteiger partial charge < -0.3 is 25.3 Å². The topological polar surface area (TPSA) is 87.5 Å². The first-order valence-electron chi connectivity index (χ1n) is 21.2. The van der Waals surface area contributed by atoms with Crippen molar-refractivity contribution < 1.29 is 18.6 Å². The Morgan fingerprint density at radius 1 is 0.737 bits per heavy atom. The van der Waals surface area contributed by atoms with Crippen molar-refractivity contribution in [1.29, 1.82) is 0 Å². The molecule has 0 atom stereocenters. The Kier molecular flexibility index (Phi) is 18.9. The zero-order valence-corrected chi connectivity index (χ0v) is 37.8. The fourth-order valence-corrected chi connectivity index (χ4v) is 8.74. The highest BCUT2D eigenvalue weighted by atomic mass is 35.5. The number of benzene rings is 2. The first-order valence-corrected chi connectivity index (χ1v) is 22.7. The maximum absolute atomic E-state index is 12.5. The van der Waals surface area contributed by atoms with Crippen LogP contribution >= 0.6 is 46.4 Å². The summed E-state index contributed by atoms with van der Waals surface area (Å²) in [5.74, 6) is 1.94. The lowest BCUT2D eigenvalue weighted by Gasteiger charge is -2.36. The van der Waals surface area contributed by atoms with Gasteiger partial charge in [-0.15, -0.1) is 0 Å². The zero-order chi connectivity index (χ0) is 41.5. The molecule has 2 amide bonds. The highest BCUT2D eigenvalue weighted by Crippen LogP contribution is 2.45. The van der Waals surface area contributed by atoms with E-state index >= 15 is 0 Å². The van der Waals surface area contributed by atoms with Crippen molar-refractivity contribution >= 4 is 86.7 Å². The van der Waals surface area contributed by atoms with E-state index in [0.717, 1.165) is 112 Å². The Bertz CT molecular complexity index is 1860. The number of halogens is 4. The third-order valence-electron chi connectivity index (χ3n) is 11.7. The van der Waals surface area contributed by atoms with E-state index in [2.05, 4.69) is 77.1 Å². The summed E-state index contributed by atoms with van der Waals surface area (Å²) in [4.78, 5) is 28.1. The highest BCUT2D eigenvalue weighted by Gasteiger charge is 2.31. The monoisotopic (exact) mass is 863 g/mol. The van der Waals surface area contributed by atoms with Crippen LogP contribution in [0, 0.1) is 0 Å². The van der Waals surface area contributed by atoms with Gasteiger partial charge >= 0.3 is 0 Å². The molecule has 2 aromatic carbocycles. The number of imidazole rings is 1. The largest absolute Gasteiger partial charge is 0.370 e. The lowest BCUT2D eigenvalue weighted by atomic mass is 10.1. The molecular weight excluding hydrogens is 800 g/mol. The van der Waals surface area contributed by atoms with Crippen molar-refractivity contribution in [3.63, 3.8) is 0 Å². The van der Waals surface area contributed by atoms with Gasteiger partial charge in [-0.1, -0.05) is 58.9 Å². The van der Waals surface area contributed by atoms with E-state index in [4.69, 9.17) is 52.1 Å². The first kappa shape index (κ1) is 46.7. The predicted octanol–water partition coefficient (Wildman–Crippen LogP) is 10.5. The van der Waals surface area contributed by atoms with Crippen LogP contribution < -0.4 is 25.4 Å². The molecular formula is C44H65Cl4N7O2+2. The summed E-state index contributed by atoms with van der Waals surface area (Å²) in [6.07, 6.45) is 15.9. The number of fused-ring (bicyclic) bond motifs is 2. The molecule has 314 valence electrons. The SMILES string of the molecule is CCN1/C(=C/C=Cc2n(CC)c3cc(Cl)c(Cl)cc3[n+]2CCCCCC(=O)NCCCCCC(N)=O)N(CCCCC[N+](CC)(CC)CC)c2cc(Cl)c(Cl)cc21. The van der Waals surface area contributed by atoms with Gasteiger partial charge in [-0.2, -0.15) is 0 Å². The lowest BCUT2D eigenvalue weighted by molar-refractivity contribution is -0.923. The molecule has 3 N–H and O–H groups in total. The van der Waals surface area contributed by atoms with Crippen LogP contribution in [0.3, 0.4) is 0 Å². The number of amides is 2. The molecule has 0 unspecified atom stereocenters. The minimum Gasteiger partial charge on any atom is -0.370 e. The summed E-state index contributed by atoms with van der Waals surface area (Å²) >= 11 is 26.4. The van der Waals surface area contributed by atoms with E-state index in [1.54, 1.807) is 0 Å². The lowest BCUT2D eigenvalue weighted by Crippen LogP contribution is -2.48. The average molecular weight is 866 g/mol. The molecule has 3 aromatic rings. The van der Waals surface area contributed by atoms with Gasteiger partial charge in [0.2, 0.25) is 11.8 Å². The number of quaternary nitrogens is 1. The first-order chi connectivity index (χ1) is 27.4. The van der Waals surface area contributed by atoms with Gasteiger partial charge in [0.1, 0.15) is 5.82 Å². The number of nitrogens with zero attached hydrogens (tertiary/aromatic N) is 5. The van der Waals surface area contributed by atoms with Crippen molar-refractivity contribution in [3.05, 3.63) is 68.2 Å². The quantitative estimate of drug-likeness (QED) is 0.0505. The molecule has 9 nitrogen and oxygen atoms in total. The van der Waals surface area contributed by atoms with Gasteiger partial charge in [-0.3, -0.25) is 9.59 Å². The maximum atomic E-state index is 12.5. The number of primary amides is 1. The minimum atomic E-state index is -0.278. The Hall–Kier alpha value is -2.95. The number of rotatable bonds is 25. The Morgan fingerprint density at radius 2 is 1.35 bits per heavy atom. The number of nitrogens with one attached hydrogen (secondary N) is 1. The third-order valence-corrected chi connectivity index (χ3v) is 13.1. The normalized spacial score (nSPS) is 13.8. The Morgan fingerprint density at radius 3 is 2.00 bits per heavy atom. The highest BCUT2D eigenvalue weighted by molar-refractivity contribution is 6.43. The third kappa shape index (κ3) is 12.3. The van der Waals surface area contributed by atoms with Gasteiger partial charge in [0.05, 0.1) is 70.7 Å². The van der Waals surface area contributed by atoms with Crippen LogP contribution in [0.1, 0.15) is 111 Å². The second-order valence-corrected chi connectivity index (χ2v) is 16.7. The molecule has 0 saturated carbocycles. The van der Waals surface area contributed by atoms with Gasteiger partial charge in [0.25, 0.3) is 5.82 Å². The van der Waals surface area contributed by atoms with Gasteiger partial charge in [-0.05, 0) is 104 Å². The molecule has 1 aliphatic heterocycles. The molecule has 0 radical (unpaired) electrons. The molecule has 0 fully saturated rings. The van der Waals surface area contributed by atoms with Crippen LogP contribution in [0.25, 0.3) is 17.1 Å². The number of allylic oxidation sites excluding steroid dienone is 2. The zero-order valence-electron chi connectivity index (χ0n) is 34.8. The second-order valence-electron chi connectivity index (χ2n) is 15.1. The van der Waals surface area contributed by atoms with Crippen LogP contribution in [0.5, 0.6) is 0 Å². The van der Waals surface area contributed by atoms with Gasteiger partial charge in [-0.25, -0.2) is 9.13 Å². The van der Waals surface area contributed by atoms with Crippen LogP contribution in [-0.2, 0) is 22.7 Å². The molecule has 1 aromatic heterocycles. The van der Waals surface area contributed by atoms with Crippen LogP contribution in [-0.4, -0.2) is 66.7 Å². The van der Waals surface area contributed by atoms with Crippen molar-refractivity contribution in [2.75, 3.05) is 55.6 Å². The van der Waals surface area contributed by atoms with Crippen molar-refractivity contribution in [3.8, 4) is 0 Å². The number of hydrogen-bond donors (Lipinski definition) is 2.